The van der Waals surface area contributed by atoms with Gasteiger partial charge in [0.05, 0.1) is 16.0 Å². The van der Waals surface area contributed by atoms with E-state index in [1.165, 1.54) is 23.1 Å². The number of aromatic nitrogens is 2. The second-order valence-electron chi connectivity index (χ2n) is 9.06. The molecule has 0 radical (unpaired) electrons. The van der Waals surface area contributed by atoms with E-state index < -0.39 is 79.5 Å². The maximum Gasteiger partial charge on any atom is 0.435 e. The molecule has 2 aliphatic rings. The van der Waals surface area contributed by atoms with Crippen LogP contribution >= 0.6 is 11.6 Å². The van der Waals surface area contributed by atoms with E-state index in [1.54, 1.807) is 6.07 Å². The van der Waals surface area contributed by atoms with Gasteiger partial charge in [0.1, 0.15) is 6.04 Å². The molecule has 1 aliphatic carbocycles. The standard InChI is InChI=1S/C22H19ClF3N5O6S/c23-12-3-1-2-4-14(12)38(36,37)18(31-6-5-15(29-31)22(24,25)26)17(32)11-7-13(19(33)34)30(9-11)16-8-21(16,10-27)20(28)35/h1-6,11,13,16,18H,7-9H2,(H2,28,35)(H,33,34)/t11-,13+,16?,18?,21?/m1/s1. The number of halogens is 4. The van der Waals surface area contributed by atoms with Crippen LogP contribution in [0.2, 0.25) is 5.02 Å². The molecule has 16 heteroatoms. The summed E-state index contributed by atoms with van der Waals surface area (Å²) in [5, 5.41) is 19.9. The number of Topliss-reactive ketones (excluding diaryl/α,β-unsaturated/α-hetero) is 1. The fraction of sp³-hybridized carbons (Fsp3) is 0.409. The third-order valence-electron chi connectivity index (χ3n) is 6.81. The van der Waals surface area contributed by atoms with Gasteiger partial charge in [-0.2, -0.15) is 23.5 Å². The molecule has 5 atom stereocenters. The molecule has 202 valence electrons. The first-order chi connectivity index (χ1) is 17.6. The SMILES string of the molecule is N#CC1(C(N)=O)CC1N1C[C@H](C(=O)C(n2ccc(C(F)(F)F)n2)S(=O)(=O)c2ccccc2Cl)C[C@H]1C(=O)O. The maximum atomic E-state index is 13.7. The monoisotopic (exact) mass is 573 g/mol. The predicted molar refractivity (Wildman–Crippen MR) is 122 cm³/mol. The quantitative estimate of drug-likeness (QED) is 0.475. The second-order valence-corrected chi connectivity index (χ2v) is 11.4. The lowest BCUT2D eigenvalue weighted by molar-refractivity contribution is -0.143. The number of benzene rings is 1. The molecule has 0 spiro atoms. The lowest BCUT2D eigenvalue weighted by Gasteiger charge is -2.23. The van der Waals surface area contributed by atoms with Gasteiger partial charge in [0.25, 0.3) is 0 Å². The number of carboxylic acid groups (broad SMARTS) is 1. The highest BCUT2D eigenvalue weighted by molar-refractivity contribution is 7.92. The van der Waals surface area contributed by atoms with Crippen molar-refractivity contribution in [3.63, 3.8) is 0 Å². The zero-order valence-corrected chi connectivity index (χ0v) is 20.7. The van der Waals surface area contributed by atoms with E-state index >= 15 is 0 Å². The lowest BCUT2D eigenvalue weighted by atomic mass is 10.0. The molecular weight excluding hydrogens is 555 g/mol. The predicted octanol–water partition coefficient (Wildman–Crippen LogP) is 1.64. The Morgan fingerprint density at radius 1 is 1.26 bits per heavy atom. The average molecular weight is 574 g/mol. The molecule has 2 aromatic rings. The van der Waals surface area contributed by atoms with Crippen LogP contribution in [-0.2, 0) is 30.4 Å². The van der Waals surface area contributed by atoms with Crippen molar-refractivity contribution in [3.05, 3.63) is 47.2 Å². The van der Waals surface area contributed by atoms with Crippen LogP contribution in [0, 0.1) is 22.7 Å². The van der Waals surface area contributed by atoms with Gasteiger partial charge < -0.3 is 10.8 Å². The van der Waals surface area contributed by atoms with E-state index in [4.69, 9.17) is 17.3 Å². The fourth-order valence-electron chi connectivity index (χ4n) is 4.78. The second kappa shape index (κ2) is 9.37. The number of likely N-dealkylation sites (tertiary alicyclic amines) is 1. The number of sulfone groups is 1. The number of hydrogen-bond donors (Lipinski definition) is 2. The van der Waals surface area contributed by atoms with Gasteiger partial charge in [-0.05, 0) is 31.0 Å². The first-order valence-corrected chi connectivity index (χ1v) is 12.9. The summed E-state index contributed by atoms with van der Waals surface area (Å²) in [5.41, 5.74) is 2.20. The number of carboxylic acids is 1. The van der Waals surface area contributed by atoms with Crippen molar-refractivity contribution in [2.45, 2.75) is 41.4 Å². The van der Waals surface area contributed by atoms with Crippen molar-refractivity contribution >= 4 is 39.1 Å². The highest BCUT2D eigenvalue weighted by Gasteiger charge is 2.66. The molecular formula is C22H19ClF3N5O6S. The van der Waals surface area contributed by atoms with E-state index in [9.17, 15) is 46.3 Å². The third-order valence-corrected chi connectivity index (χ3v) is 9.26. The van der Waals surface area contributed by atoms with Crippen molar-refractivity contribution in [2.75, 3.05) is 6.54 Å². The highest BCUT2D eigenvalue weighted by Crippen LogP contribution is 2.52. The summed E-state index contributed by atoms with van der Waals surface area (Å²) < 4.78 is 67.3. The first kappa shape index (κ1) is 27.6. The van der Waals surface area contributed by atoms with Crippen molar-refractivity contribution in [3.8, 4) is 6.07 Å². The molecule has 2 heterocycles. The fourth-order valence-corrected chi connectivity index (χ4v) is 6.99. The molecule has 1 aromatic heterocycles. The molecule has 3 N–H and O–H groups in total. The summed E-state index contributed by atoms with van der Waals surface area (Å²) in [6, 6.07) is 4.98. The molecule has 3 unspecified atom stereocenters. The molecule has 1 aromatic carbocycles. The Morgan fingerprint density at radius 2 is 1.92 bits per heavy atom. The molecule has 38 heavy (non-hydrogen) atoms. The van der Waals surface area contributed by atoms with Gasteiger partial charge >= 0.3 is 12.1 Å². The Labute approximate surface area is 218 Å². The van der Waals surface area contributed by atoms with Crippen molar-refractivity contribution in [1.29, 1.82) is 5.26 Å². The topological polar surface area (TPSA) is 176 Å². The zero-order chi connectivity index (χ0) is 28.2. The summed E-state index contributed by atoms with van der Waals surface area (Å²) >= 11 is 6.04. The van der Waals surface area contributed by atoms with Crippen LogP contribution in [0.3, 0.4) is 0 Å². The number of carbonyl (C=O) groups excluding carboxylic acids is 2. The molecule has 1 saturated heterocycles. The van der Waals surface area contributed by atoms with E-state index in [0.717, 1.165) is 6.07 Å². The summed E-state index contributed by atoms with van der Waals surface area (Å²) in [6.45, 7) is -0.376. The molecule has 1 saturated carbocycles. The number of nitrogens with two attached hydrogens (primary N) is 1. The van der Waals surface area contributed by atoms with E-state index in [1.807, 2.05) is 0 Å². The van der Waals surface area contributed by atoms with Crippen LogP contribution in [-0.4, -0.2) is 64.5 Å². The number of amides is 1. The largest absolute Gasteiger partial charge is 0.480 e. The number of rotatable bonds is 8. The van der Waals surface area contributed by atoms with E-state index in [0.29, 0.717) is 16.9 Å². The summed E-state index contributed by atoms with van der Waals surface area (Å²) in [7, 11) is -4.80. The van der Waals surface area contributed by atoms with Gasteiger partial charge in [0.2, 0.25) is 21.1 Å². The Kier molecular flexibility index (Phi) is 6.79. The minimum atomic E-state index is -4.94. The van der Waals surface area contributed by atoms with Crippen molar-refractivity contribution in [2.24, 2.45) is 17.1 Å². The molecule has 1 amide bonds. The first-order valence-electron chi connectivity index (χ1n) is 11.0. The molecule has 0 bridgehead atoms. The number of alkyl halides is 3. The number of primary amides is 1. The number of carbonyl (C=O) groups is 3. The van der Waals surface area contributed by atoms with E-state index in [-0.39, 0.29) is 18.0 Å². The smallest absolute Gasteiger partial charge is 0.435 e. The van der Waals surface area contributed by atoms with Crippen molar-refractivity contribution < 1.29 is 41.1 Å². The number of nitriles is 1. The molecule has 1 aliphatic heterocycles. The maximum absolute atomic E-state index is 13.7. The zero-order valence-electron chi connectivity index (χ0n) is 19.2. The molecule has 11 nitrogen and oxygen atoms in total. The normalized spacial score (nSPS) is 26.4. The van der Waals surface area contributed by atoms with Gasteiger partial charge in [-0.3, -0.25) is 19.3 Å². The van der Waals surface area contributed by atoms with Crippen LogP contribution in [0.15, 0.2) is 41.4 Å². The third kappa shape index (κ3) is 4.52. The molecule has 2 fully saturated rings. The summed E-state index contributed by atoms with van der Waals surface area (Å²) in [6.07, 6.45) is -4.76. The number of aliphatic carboxylic acids is 1. The Hall–Kier alpha value is -3.48. The number of nitrogens with zero attached hydrogens (tertiary/aromatic N) is 4. The van der Waals surface area contributed by atoms with Crippen LogP contribution in [0.5, 0.6) is 0 Å². The minimum Gasteiger partial charge on any atom is -0.480 e. The Balaban J connectivity index is 1.75. The lowest BCUT2D eigenvalue weighted by Crippen LogP contribution is -2.42. The average Bonchev–Trinajstić information content (AvgIpc) is 3.15. The highest BCUT2D eigenvalue weighted by atomic mass is 35.5. The Bertz CT molecular complexity index is 1470. The van der Waals surface area contributed by atoms with Gasteiger partial charge in [0.15, 0.2) is 16.9 Å². The minimum absolute atomic E-state index is 0.0844. The van der Waals surface area contributed by atoms with Crippen LogP contribution in [0.4, 0.5) is 13.2 Å². The number of hydrogen-bond acceptors (Lipinski definition) is 8. The van der Waals surface area contributed by atoms with Crippen molar-refractivity contribution in [1.82, 2.24) is 14.7 Å². The van der Waals surface area contributed by atoms with Crippen LogP contribution < -0.4 is 5.73 Å². The van der Waals surface area contributed by atoms with Gasteiger partial charge in [-0.15, -0.1) is 0 Å². The van der Waals surface area contributed by atoms with Crippen LogP contribution in [0.1, 0.15) is 23.9 Å². The molecule has 4 rings (SSSR count). The van der Waals surface area contributed by atoms with Gasteiger partial charge in [-0.1, -0.05) is 23.7 Å². The van der Waals surface area contributed by atoms with Gasteiger partial charge in [0, 0.05) is 24.7 Å². The number of ketones is 1. The van der Waals surface area contributed by atoms with E-state index in [2.05, 4.69) is 5.10 Å². The Morgan fingerprint density at radius 3 is 2.42 bits per heavy atom. The summed E-state index contributed by atoms with van der Waals surface area (Å²) in [5.74, 6) is -4.81. The van der Waals surface area contributed by atoms with Crippen LogP contribution in [0.25, 0.3) is 0 Å². The summed E-state index contributed by atoms with van der Waals surface area (Å²) in [4.78, 5) is 38.2. The van der Waals surface area contributed by atoms with Gasteiger partial charge in [-0.25, -0.2) is 13.1 Å².